The fourth-order valence-corrected chi connectivity index (χ4v) is 5.71. The van der Waals surface area contributed by atoms with Crippen molar-refractivity contribution in [2.75, 3.05) is 27.2 Å². The number of ether oxygens (including phenoxy) is 1. The maximum Gasteiger partial charge on any atom is 0.252 e. The number of rotatable bonds is 9. The van der Waals surface area contributed by atoms with Crippen molar-refractivity contribution in [1.29, 1.82) is 0 Å². The quantitative estimate of drug-likeness (QED) is 0.249. The van der Waals surface area contributed by atoms with Gasteiger partial charge in [0.1, 0.15) is 12.4 Å². The number of thiophene rings is 2. The van der Waals surface area contributed by atoms with Crippen LogP contribution in [0.15, 0.2) is 60.7 Å². The third kappa shape index (κ3) is 6.44. The number of hydrogen-bond donors (Lipinski definition) is 1. The third-order valence-electron chi connectivity index (χ3n) is 6.11. The van der Waals surface area contributed by atoms with Crippen LogP contribution >= 0.6 is 22.7 Å². The number of hydrogen-bond acceptors (Lipinski definition) is 5. The van der Waals surface area contributed by atoms with E-state index in [2.05, 4.69) is 66.5 Å². The van der Waals surface area contributed by atoms with Crippen molar-refractivity contribution < 1.29 is 9.53 Å². The molecule has 2 aromatic heterocycles. The summed E-state index contributed by atoms with van der Waals surface area (Å²) in [5.74, 6) is 0.620. The summed E-state index contributed by atoms with van der Waals surface area (Å²) in [6.45, 7) is 9.66. The largest absolute Gasteiger partial charge is 0.492 e. The molecular formula is C30H34N2O2S2. The predicted molar refractivity (Wildman–Crippen MR) is 154 cm³/mol. The minimum atomic E-state index is -0.156. The number of benzene rings is 2. The molecule has 0 aliphatic rings. The third-order valence-corrected chi connectivity index (χ3v) is 8.21. The van der Waals surface area contributed by atoms with E-state index in [-0.39, 0.29) is 11.9 Å². The van der Waals surface area contributed by atoms with E-state index in [0.29, 0.717) is 17.9 Å². The van der Waals surface area contributed by atoms with Gasteiger partial charge in [0.15, 0.2) is 0 Å². The first kappa shape index (κ1) is 26.1. The van der Waals surface area contributed by atoms with Crippen molar-refractivity contribution in [3.05, 3.63) is 87.1 Å². The van der Waals surface area contributed by atoms with Gasteiger partial charge in [0.05, 0.1) is 6.04 Å². The lowest BCUT2D eigenvalue weighted by Crippen LogP contribution is -2.27. The summed E-state index contributed by atoms with van der Waals surface area (Å²) in [5.41, 5.74) is 5.02. The second-order valence-corrected chi connectivity index (χ2v) is 12.1. The van der Waals surface area contributed by atoms with E-state index in [0.717, 1.165) is 17.7 Å². The van der Waals surface area contributed by atoms with Crippen LogP contribution in [0.4, 0.5) is 0 Å². The van der Waals surface area contributed by atoms with Gasteiger partial charge >= 0.3 is 0 Å². The molecule has 2 aromatic carbocycles. The monoisotopic (exact) mass is 518 g/mol. The molecule has 0 spiro atoms. The summed E-state index contributed by atoms with van der Waals surface area (Å²) < 4.78 is 5.87. The summed E-state index contributed by atoms with van der Waals surface area (Å²) in [6, 6.07) is 20.9. The first-order valence-corrected chi connectivity index (χ1v) is 13.8. The van der Waals surface area contributed by atoms with Gasteiger partial charge in [-0.2, -0.15) is 0 Å². The molecule has 4 rings (SSSR count). The maximum atomic E-state index is 13.3. The number of nitrogens with zero attached hydrogens (tertiary/aromatic N) is 1. The van der Waals surface area contributed by atoms with E-state index < -0.39 is 0 Å². The summed E-state index contributed by atoms with van der Waals surface area (Å²) in [6.07, 6.45) is 0. The highest BCUT2D eigenvalue weighted by Gasteiger charge is 2.17. The van der Waals surface area contributed by atoms with Crippen molar-refractivity contribution in [1.82, 2.24) is 10.2 Å². The highest BCUT2D eigenvalue weighted by atomic mass is 32.1. The molecule has 1 N–H and O–H groups in total. The zero-order valence-corrected chi connectivity index (χ0v) is 23.5. The second kappa shape index (κ2) is 11.4. The fraction of sp³-hybridized carbons (Fsp3) is 0.300. The first-order valence-electron chi connectivity index (χ1n) is 12.2. The number of likely N-dealkylation sites (N-methyl/N-ethyl adjacent to an activating group) is 1. The Balaban J connectivity index is 1.60. The molecule has 0 saturated heterocycles. The Morgan fingerprint density at radius 3 is 2.03 bits per heavy atom. The number of carbonyl (C=O) groups excluding carboxylic acids is 1. The van der Waals surface area contributed by atoms with E-state index >= 15 is 0 Å². The van der Waals surface area contributed by atoms with Gasteiger partial charge in [-0.25, -0.2) is 0 Å². The van der Waals surface area contributed by atoms with Gasteiger partial charge in [0.25, 0.3) is 5.91 Å². The Kier molecular flexibility index (Phi) is 8.29. The molecule has 2 heterocycles. The van der Waals surface area contributed by atoms with E-state index in [1.54, 1.807) is 22.7 Å². The fourth-order valence-electron chi connectivity index (χ4n) is 4.00. The molecule has 0 fully saturated rings. The molecule has 0 radical (unpaired) electrons. The van der Waals surface area contributed by atoms with Gasteiger partial charge < -0.3 is 15.0 Å². The number of aryl methyl sites for hydroxylation is 3. The van der Waals surface area contributed by atoms with E-state index in [9.17, 15) is 4.79 Å². The van der Waals surface area contributed by atoms with Crippen LogP contribution in [0.25, 0.3) is 20.9 Å². The summed E-state index contributed by atoms with van der Waals surface area (Å²) in [7, 11) is 4.02. The molecule has 0 aliphatic heterocycles. The Morgan fingerprint density at radius 1 is 0.889 bits per heavy atom. The standard InChI is InChI=1S/C30H34N2O2S2/c1-19-7-10-26(34-14-13-32(5)6)18-27(19)30(33)31-22(4)23-15-24(28-11-8-20(2)35-28)17-25(16-23)29-12-9-21(3)36-29/h7-12,15-18,22H,13-14H2,1-6H3,(H,31,33)/t22-/m1/s1. The lowest BCUT2D eigenvalue weighted by Gasteiger charge is -2.18. The Morgan fingerprint density at radius 2 is 1.50 bits per heavy atom. The second-order valence-electron chi connectivity index (χ2n) is 9.49. The maximum absolute atomic E-state index is 13.3. The van der Waals surface area contributed by atoms with Gasteiger partial charge in [0.2, 0.25) is 0 Å². The zero-order chi connectivity index (χ0) is 25.8. The average Bonchev–Trinajstić information content (AvgIpc) is 3.47. The highest BCUT2D eigenvalue weighted by Crippen LogP contribution is 2.36. The molecule has 4 nitrogen and oxygen atoms in total. The molecule has 0 saturated carbocycles. The topological polar surface area (TPSA) is 41.6 Å². The lowest BCUT2D eigenvalue weighted by molar-refractivity contribution is 0.0938. The smallest absolute Gasteiger partial charge is 0.252 e. The van der Waals surface area contributed by atoms with Crippen molar-refractivity contribution in [2.45, 2.75) is 33.7 Å². The van der Waals surface area contributed by atoms with Crippen molar-refractivity contribution >= 4 is 28.6 Å². The Bertz CT molecular complexity index is 1290. The van der Waals surface area contributed by atoms with Gasteiger partial charge in [-0.05, 0) is 119 Å². The van der Waals surface area contributed by atoms with Crippen LogP contribution in [-0.2, 0) is 0 Å². The summed E-state index contributed by atoms with van der Waals surface area (Å²) in [5, 5.41) is 3.23. The van der Waals surface area contributed by atoms with Crippen LogP contribution < -0.4 is 10.1 Å². The molecule has 0 aliphatic carbocycles. The predicted octanol–water partition coefficient (Wildman–Crippen LogP) is 7.50. The molecule has 36 heavy (non-hydrogen) atoms. The number of carbonyl (C=O) groups is 1. The van der Waals surface area contributed by atoms with Crippen molar-refractivity contribution in [2.24, 2.45) is 0 Å². The normalized spacial score (nSPS) is 12.1. The summed E-state index contributed by atoms with van der Waals surface area (Å²) in [4.78, 5) is 20.4. The van der Waals surface area contributed by atoms with Gasteiger partial charge in [-0.3, -0.25) is 4.79 Å². The molecule has 188 valence electrons. The average molecular weight is 519 g/mol. The van der Waals surface area contributed by atoms with Crippen molar-refractivity contribution in [3.8, 4) is 26.6 Å². The van der Waals surface area contributed by atoms with Crippen LogP contribution in [0.3, 0.4) is 0 Å². The van der Waals surface area contributed by atoms with E-state index in [4.69, 9.17) is 4.74 Å². The van der Waals surface area contributed by atoms with Crippen LogP contribution in [-0.4, -0.2) is 38.1 Å². The number of amides is 1. The zero-order valence-electron chi connectivity index (χ0n) is 21.8. The first-order chi connectivity index (χ1) is 17.2. The van der Waals surface area contributed by atoms with E-state index in [1.165, 1.54) is 30.6 Å². The highest BCUT2D eigenvalue weighted by molar-refractivity contribution is 7.15. The molecular weight excluding hydrogens is 484 g/mol. The van der Waals surface area contributed by atoms with Crippen molar-refractivity contribution in [3.63, 3.8) is 0 Å². The summed E-state index contributed by atoms with van der Waals surface area (Å²) >= 11 is 3.58. The SMILES string of the molecule is Cc1ccc(-c2cc(-c3ccc(C)s3)cc([C@@H](C)NC(=O)c3cc(OCCN(C)C)ccc3C)c2)s1. The lowest BCUT2D eigenvalue weighted by atomic mass is 9.99. The minimum Gasteiger partial charge on any atom is -0.492 e. The Labute approximate surface area is 222 Å². The van der Waals surface area contributed by atoms with Crippen LogP contribution in [0.5, 0.6) is 5.75 Å². The Hall–Kier alpha value is -2.93. The molecule has 1 atom stereocenters. The molecule has 1 amide bonds. The van der Waals surface area contributed by atoms with Crippen LogP contribution in [0, 0.1) is 20.8 Å². The van der Waals surface area contributed by atoms with Crippen LogP contribution in [0.1, 0.15) is 44.2 Å². The molecule has 0 unspecified atom stereocenters. The minimum absolute atomic E-state index is 0.0936. The number of nitrogens with one attached hydrogen (secondary N) is 1. The molecule has 6 heteroatoms. The molecule has 0 bridgehead atoms. The molecule has 4 aromatic rings. The van der Waals surface area contributed by atoms with Crippen LogP contribution in [0.2, 0.25) is 0 Å². The van der Waals surface area contributed by atoms with Gasteiger partial charge in [0, 0.05) is 31.6 Å². The van der Waals surface area contributed by atoms with E-state index in [1.807, 2.05) is 46.1 Å². The van der Waals surface area contributed by atoms with Gasteiger partial charge in [-0.1, -0.05) is 6.07 Å². The van der Waals surface area contributed by atoms with Gasteiger partial charge in [-0.15, -0.1) is 22.7 Å².